The zero-order chi connectivity index (χ0) is 30.7. The van der Waals surface area contributed by atoms with Gasteiger partial charge < -0.3 is 14.2 Å². The first-order valence-corrected chi connectivity index (χ1v) is 15.8. The van der Waals surface area contributed by atoms with E-state index in [1.165, 1.54) is 11.3 Å². The number of aromatic nitrogens is 1. The highest BCUT2D eigenvalue weighted by Crippen LogP contribution is 2.38. The Hall–Kier alpha value is -3.95. The number of carbonyl (C=O) groups is 1. The highest BCUT2D eigenvalue weighted by Gasteiger charge is 2.35. The number of hydrogen-bond donors (Lipinski definition) is 0. The summed E-state index contributed by atoms with van der Waals surface area (Å²) in [7, 11) is 1.58. The molecule has 0 aliphatic carbocycles. The highest BCUT2D eigenvalue weighted by molar-refractivity contribution is 9.10. The van der Waals surface area contributed by atoms with Gasteiger partial charge in [-0.2, -0.15) is 0 Å². The van der Waals surface area contributed by atoms with E-state index in [2.05, 4.69) is 29.8 Å². The normalized spacial score (nSPS) is 14.9. The Morgan fingerprint density at radius 2 is 1.79 bits per heavy atom. The molecule has 222 valence electrons. The van der Waals surface area contributed by atoms with Crippen molar-refractivity contribution >= 4 is 45.0 Å². The predicted octanol–water partition coefficient (Wildman–Crippen LogP) is 6.23. The Morgan fingerprint density at radius 1 is 1.07 bits per heavy atom. The summed E-state index contributed by atoms with van der Waals surface area (Å²) in [4.78, 5) is 33.3. The van der Waals surface area contributed by atoms with Crippen molar-refractivity contribution in [2.24, 2.45) is 4.99 Å². The molecule has 0 amide bonds. The molecule has 2 heterocycles. The molecule has 1 aromatic heterocycles. The Balaban J connectivity index is 1.78. The third-order valence-corrected chi connectivity index (χ3v) is 8.70. The van der Waals surface area contributed by atoms with Gasteiger partial charge in [0.05, 0.1) is 46.6 Å². The molecule has 43 heavy (non-hydrogen) atoms. The number of fused-ring (bicyclic) bond motifs is 1. The number of benzene rings is 3. The van der Waals surface area contributed by atoms with Crippen LogP contribution < -0.4 is 24.4 Å². The van der Waals surface area contributed by atoms with E-state index < -0.39 is 12.0 Å². The second kappa shape index (κ2) is 13.1. The second-order valence-corrected chi connectivity index (χ2v) is 12.1. The van der Waals surface area contributed by atoms with E-state index in [1.54, 1.807) is 18.6 Å². The number of hydrogen-bond acceptors (Lipinski definition) is 7. The van der Waals surface area contributed by atoms with E-state index in [0.717, 1.165) is 22.3 Å². The molecule has 0 saturated heterocycles. The number of thiazole rings is 1. The Labute approximate surface area is 262 Å². The number of rotatable bonds is 9. The average molecular weight is 662 g/mol. The summed E-state index contributed by atoms with van der Waals surface area (Å²) in [5, 5.41) is 0. The van der Waals surface area contributed by atoms with Crippen molar-refractivity contribution in [3.63, 3.8) is 0 Å². The van der Waals surface area contributed by atoms with Gasteiger partial charge in [-0.05, 0) is 70.6 Å². The van der Waals surface area contributed by atoms with Gasteiger partial charge in [0.25, 0.3) is 5.56 Å². The first kappa shape index (κ1) is 30.5. The van der Waals surface area contributed by atoms with E-state index in [-0.39, 0.29) is 12.2 Å². The van der Waals surface area contributed by atoms with Gasteiger partial charge in [0.1, 0.15) is 0 Å². The van der Waals surface area contributed by atoms with Crippen molar-refractivity contribution in [1.82, 2.24) is 4.57 Å². The summed E-state index contributed by atoms with van der Waals surface area (Å²) < 4.78 is 19.7. The van der Waals surface area contributed by atoms with Gasteiger partial charge in [-0.15, -0.1) is 0 Å². The summed E-state index contributed by atoms with van der Waals surface area (Å²) in [5.41, 5.74) is 4.06. The lowest BCUT2D eigenvalue weighted by Crippen LogP contribution is -2.40. The fourth-order valence-electron chi connectivity index (χ4n) is 5.08. The van der Waals surface area contributed by atoms with Gasteiger partial charge in [0, 0.05) is 5.56 Å². The van der Waals surface area contributed by atoms with E-state index in [4.69, 9.17) is 19.2 Å². The van der Waals surface area contributed by atoms with Crippen LogP contribution >= 0.6 is 27.3 Å². The van der Waals surface area contributed by atoms with Crippen LogP contribution in [0.2, 0.25) is 0 Å². The van der Waals surface area contributed by atoms with E-state index in [9.17, 15) is 9.59 Å². The summed E-state index contributed by atoms with van der Waals surface area (Å²) in [6.07, 6.45) is 1.81. The van der Waals surface area contributed by atoms with Gasteiger partial charge in [0.15, 0.2) is 16.3 Å². The molecule has 1 aliphatic heterocycles. The van der Waals surface area contributed by atoms with Crippen LogP contribution in [-0.4, -0.2) is 30.9 Å². The average Bonchev–Trinajstić information content (AvgIpc) is 3.32. The van der Waals surface area contributed by atoms with Crippen LogP contribution in [0.5, 0.6) is 11.5 Å². The number of halogens is 1. The highest BCUT2D eigenvalue weighted by atomic mass is 79.9. The Bertz CT molecular complexity index is 1860. The van der Waals surface area contributed by atoms with Crippen molar-refractivity contribution in [3.05, 3.63) is 119 Å². The largest absolute Gasteiger partial charge is 0.493 e. The maximum Gasteiger partial charge on any atom is 0.338 e. The van der Waals surface area contributed by atoms with E-state index in [1.807, 2.05) is 79.7 Å². The smallest absolute Gasteiger partial charge is 0.338 e. The van der Waals surface area contributed by atoms with Crippen LogP contribution in [0.1, 0.15) is 61.9 Å². The van der Waals surface area contributed by atoms with Crippen LogP contribution in [0.15, 0.2) is 86.6 Å². The minimum absolute atomic E-state index is 0.197. The van der Waals surface area contributed by atoms with Crippen molar-refractivity contribution < 1.29 is 19.0 Å². The lowest BCUT2D eigenvalue weighted by Gasteiger charge is -2.26. The third-order valence-electron chi connectivity index (χ3n) is 7.13. The van der Waals surface area contributed by atoms with Crippen LogP contribution in [0.4, 0.5) is 0 Å². The number of carbonyl (C=O) groups excluding carboxylic acids is 1. The minimum atomic E-state index is -0.726. The molecular formula is C34H33BrN2O5S. The van der Waals surface area contributed by atoms with Crippen molar-refractivity contribution in [1.29, 1.82) is 0 Å². The minimum Gasteiger partial charge on any atom is -0.493 e. The molecule has 7 nitrogen and oxygen atoms in total. The van der Waals surface area contributed by atoms with Gasteiger partial charge in [-0.25, -0.2) is 9.79 Å². The topological polar surface area (TPSA) is 79.1 Å². The molecule has 3 aromatic carbocycles. The molecule has 4 aromatic rings. The Morgan fingerprint density at radius 3 is 2.42 bits per heavy atom. The molecule has 0 fully saturated rings. The zero-order valence-electron chi connectivity index (χ0n) is 24.7. The van der Waals surface area contributed by atoms with Crippen LogP contribution in [-0.2, 0) is 9.53 Å². The third kappa shape index (κ3) is 6.10. The summed E-state index contributed by atoms with van der Waals surface area (Å²) in [6, 6.07) is 20.6. The lowest BCUT2D eigenvalue weighted by molar-refractivity contribution is -0.138. The molecule has 1 aliphatic rings. The number of esters is 1. The van der Waals surface area contributed by atoms with Gasteiger partial charge in [0.2, 0.25) is 0 Å². The molecule has 0 radical (unpaired) electrons. The van der Waals surface area contributed by atoms with Crippen LogP contribution in [0.3, 0.4) is 0 Å². The van der Waals surface area contributed by atoms with Crippen molar-refractivity contribution in [2.45, 2.75) is 39.7 Å². The summed E-state index contributed by atoms with van der Waals surface area (Å²) in [5.74, 6) is 0.980. The number of methoxy groups -OCH3 is 1. The first-order chi connectivity index (χ1) is 20.8. The Kier molecular flexibility index (Phi) is 9.32. The maximum atomic E-state index is 14.2. The second-order valence-electron chi connectivity index (χ2n) is 10.2. The molecule has 0 unspecified atom stereocenters. The molecule has 0 N–H and O–H groups in total. The lowest BCUT2D eigenvalue weighted by atomic mass is 9.91. The molecular weight excluding hydrogens is 628 g/mol. The number of nitrogens with zero attached hydrogens (tertiary/aromatic N) is 2. The number of ether oxygens (including phenoxy) is 3. The predicted molar refractivity (Wildman–Crippen MR) is 173 cm³/mol. The van der Waals surface area contributed by atoms with Crippen LogP contribution in [0, 0.1) is 0 Å². The maximum absolute atomic E-state index is 14.2. The fraction of sp³-hybridized carbons (Fsp3) is 0.265. The standard InChI is InChI=1S/C34H33BrN2O5S/c1-6-41-31-25(35)17-21(18-26(31)40-5)19-27-32(38)37-30(24-15-13-22(14-16-24)20(3)4)28(33(39)42-7-2)29(36-34(37)43-27)23-11-9-8-10-12-23/h8-20,30H,6-7H2,1-5H3/b27-19-/t30-/m1/s1. The quantitative estimate of drug-likeness (QED) is 0.199. The molecule has 0 saturated carbocycles. The summed E-state index contributed by atoms with van der Waals surface area (Å²) in [6.45, 7) is 8.61. The van der Waals surface area contributed by atoms with Crippen molar-refractivity contribution in [3.8, 4) is 11.5 Å². The zero-order valence-corrected chi connectivity index (χ0v) is 27.1. The molecule has 0 bridgehead atoms. The molecule has 0 spiro atoms. The monoisotopic (exact) mass is 660 g/mol. The SMILES string of the molecule is CCOC(=O)C1=C(c2ccccc2)N=c2s/c(=C\c3cc(Br)c(OCC)c(OC)c3)c(=O)n2[C@@H]1c1ccc(C(C)C)cc1. The molecule has 5 rings (SSSR count). The van der Waals surface area contributed by atoms with Gasteiger partial charge in [-0.1, -0.05) is 79.8 Å². The van der Waals surface area contributed by atoms with E-state index in [0.29, 0.717) is 49.1 Å². The molecule has 1 atom stereocenters. The first-order valence-electron chi connectivity index (χ1n) is 14.2. The van der Waals surface area contributed by atoms with Gasteiger partial charge in [-0.3, -0.25) is 9.36 Å². The molecule has 9 heteroatoms. The van der Waals surface area contributed by atoms with Crippen molar-refractivity contribution in [2.75, 3.05) is 20.3 Å². The van der Waals surface area contributed by atoms with Gasteiger partial charge >= 0.3 is 5.97 Å². The summed E-state index contributed by atoms with van der Waals surface area (Å²) >= 11 is 4.85. The fourth-order valence-corrected chi connectivity index (χ4v) is 6.65. The van der Waals surface area contributed by atoms with Crippen LogP contribution in [0.25, 0.3) is 11.8 Å². The van der Waals surface area contributed by atoms with E-state index >= 15 is 0 Å².